The molecular formula is C19H25NOSi. The van der Waals surface area contributed by atoms with Gasteiger partial charge in [0.15, 0.2) is 0 Å². The van der Waals surface area contributed by atoms with Gasteiger partial charge >= 0.3 is 0 Å². The van der Waals surface area contributed by atoms with Gasteiger partial charge < -0.3 is 4.42 Å². The molecule has 1 unspecified atom stereocenters. The summed E-state index contributed by atoms with van der Waals surface area (Å²) < 4.78 is 5.81. The maximum absolute atomic E-state index is 5.81. The van der Waals surface area contributed by atoms with Crippen molar-refractivity contribution in [2.75, 3.05) is 0 Å². The third-order valence-electron chi connectivity index (χ3n) is 3.42. The van der Waals surface area contributed by atoms with Gasteiger partial charge in [0.1, 0.15) is 13.8 Å². The first-order valence-electron chi connectivity index (χ1n) is 7.89. The van der Waals surface area contributed by atoms with E-state index in [2.05, 4.69) is 43.0 Å². The maximum Gasteiger partial charge on any atom is 0.226 e. The molecule has 0 spiro atoms. The van der Waals surface area contributed by atoms with Gasteiger partial charge in [0, 0.05) is 11.5 Å². The van der Waals surface area contributed by atoms with Gasteiger partial charge in [-0.15, -0.1) is 11.5 Å². The Labute approximate surface area is 135 Å². The van der Waals surface area contributed by atoms with Gasteiger partial charge in [0.05, 0.1) is 5.69 Å². The monoisotopic (exact) mass is 311 g/mol. The fourth-order valence-corrected chi connectivity index (χ4v) is 2.81. The highest BCUT2D eigenvalue weighted by molar-refractivity contribution is 6.83. The summed E-state index contributed by atoms with van der Waals surface area (Å²) in [6.45, 7) is 11.0. The molecule has 22 heavy (non-hydrogen) atoms. The zero-order valence-corrected chi connectivity index (χ0v) is 15.2. The number of oxazole rings is 1. The van der Waals surface area contributed by atoms with Crippen molar-refractivity contribution in [3.8, 4) is 22.9 Å². The molecular weight excluding hydrogens is 286 g/mol. The van der Waals surface area contributed by atoms with Crippen LogP contribution < -0.4 is 0 Å². The highest BCUT2D eigenvalue weighted by Gasteiger charge is 2.12. The second-order valence-electron chi connectivity index (χ2n) is 6.85. The molecule has 1 aromatic heterocycles. The Bertz CT molecular complexity index is 671. The lowest BCUT2D eigenvalue weighted by Crippen LogP contribution is -2.16. The van der Waals surface area contributed by atoms with Crippen molar-refractivity contribution >= 4 is 8.07 Å². The quantitative estimate of drug-likeness (QED) is 0.580. The predicted octanol–water partition coefficient (Wildman–Crippen LogP) is 5.10. The lowest BCUT2D eigenvalue weighted by atomic mass is 10.0. The Morgan fingerprint density at radius 2 is 1.86 bits per heavy atom. The van der Waals surface area contributed by atoms with Crippen molar-refractivity contribution in [1.82, 2.24) is 4.98 Å². The zero-order chi connectivity index (χ0) is 16.2. The van der Waals surface area contributed by atoms with Crippen LogP contribution in [0.4, 0.5) is 0 Å². The molecule has 116 valence electrons. The molecule has 0 N–H and O–H groups in total. The van der Waals surface area contributed by atoms with Crippen molar-refractivity contribution in [3.63, 3.8) is 0 Å². The van der Waals surface area contributed by atoms with Crippen LogP contribution in [-0.2, 0) is 6.42 Å². The molecule has 3 heteroatoms. The van der Waals surface area contributed by atoms with Crippen LogP contribution in [0.15, 0.2) is 34.7 Å². The minimum atomic E-state index is -1.27. The van der Waals surface area contributed by atoms with Crippen molar-refractivity contribution in [1.29, 1.82) is 0 Å². The minimum absolute atomic E-state index is 0.406. The van der Waals surface area contributed by atoms with E-state index < -0.39 is 8.07 Å². The second kappa shape index (κ2) is 6.98. The van der Waals surface area contributed by atoms with Gasteiger partial charge in [-0.1, -0.05) is 44.8 Å². The fraction of sp³-hybridized carbons (Fsp3) is 0.421. The van der Waals surface area contributed by atoms with Crippen molar-refractivity contribution in [2.45, 2.75) is 46.3 Å². The first-order chi connectivity index (χ1) is 10.3. The van der Waals surface area contributed by atoms with Gasteiger partial charge in [0.25, 0.3) is 0 Å². The minimum Gasteiger partial charge on any atom is -0.441 e. The van der Waals surface area contributed by atoms with Crippen molar-refractivity contribution in [2.24, 2.45) is 5.92 Å². The molecule has 1 heterocycles. The Morgan fingerprint density at radius 3 is 2.50 bits per heavy atom. The van der Waals surface area contributed by atoms with Crippen LogP contribution >= 0.6 is 0 Å². The van der Waals surface area contributed by atoms with E-state index in [0.717, 1.165) is 29.9 Å². The molecule has 2 rings (SSSR count). The first kappa shape index (κ1) is 16.6. The van der Waals surface area contributed by atoms with E-state index in [1.54, 1.807) is 0 Å². The van der Waals surface area contributed by atoms with Gasteiger partial charge in [0.2, 0.25) is 5.89 Å². The number of hydrogen-bond acceptors (Lipinski definition) is 2. The van der Waals surface area contributed by atoms with E-state index in [1.165, 1.54) is 0 Å². The fourth-order valence-electron chi connectivity index (χ4n) is 2.13. The third-order valence-corrected chi connectivity index (χ3v) is 4.32. The SMILES string of the molecule is Cc1oc(-c2ccccc2)nc1CCC(C)C#C[Si](C)(C)C. The Balaban J connectivity index is 2.02. The third kappa shape index (κ3) is 4.89. The number of hydrogen-bond donors (Lipinski definition) is 0. The van der Waals surface area contributed by atoms with E-state index in [0.29, 0.717) is 11.8 Å². The van der Waals surface area contributed by atoms with Gasteiger partial charge in [-0.3, -0.25) is 0 Å². The summed E-state index contributed by atoms with van der Waals surface area (Å²) in [5.41, 5.74) is 5.54. The van der Waals surface area contributed by atoms with Crippen LogP contribution in [0.2, 0.25) is 19.6 Å². The summed E-state index contributed by atoms with van der Waals surface area (Å²) in [6, 6.07) is 10.1. The van der Waals surface area contributed by atoms with E-state index >= 15 is 0 Å². The number of rotatable bonds is 4. The lowest BCUT2D eigenvalue weighted by molar-refractivity contribution is 0.537. The van der Waals surface area contributed by atoms with Crippen molar-refractivity contribution < 1.29 is 4.42 Å². The number of aromatic nitrogens is 1. The molecule has 2 nitrogen and oxygen atoms in total. The standard InChI is InChI=1S/C19H25NOSi/c1-15(13-14-22(3,4)5)11-12-18-16(2)21-19(20-18)17-9-7-6-8-10-17/h6-10,15H,11-12H2,1-5H3. The molecule has 0 saturated carbocycles. The van der Waals surface area contributed by atoms with Crippen LogP contribution in [-0.4, -0.2) is 13.1 Å². The summed E-state index contributed by atoms with van der Waals surface area (Å²) in [4.78, 5) is 4.65. The highest BCUT2D eigenvalue weighted by atomic mass is 28.3. The summed E-state index contributed by atoms with van der Waals surface area (Å²) in [6.07, 6.45) is 1.95. The summed E-state index contributed by atoms with van der Waals surface area (Å²) in [5, 5.41) is 0. The molecule has 2 aromatic rings. The molecule has 0 radical (unpaired) electrons. The molecule has 0 aliphatic carbocycles. The van der Waals surface area contributed by atoms with E-state index in [4.69, 9.17) is 4.42 Å². The van der Waals surface area contributed by atoms with Gasteiger partial charge in [-0.05, 0) is 31.9 Å². The molecule has 1 atom stereocenters. The Morgan fingerprint density at radius 1 is 1.18 bits per heavy atom. The topological polar surface area (TPSA) is 26.0 Å². The molecule has 0 saturated heterocycles. The van der Waals surface area contributed by atoms with Crippen LogP contribution in [0.3, 0.4) is 0 Å². The summed E-state index contributed by atoms with van der Waals surface area (Å²) in [5.74, 6) is 5.45. The Hall–Kier alpha value is -1.79. The van der Waals surface area contributed by atoms with Gasteiger partial charge in [-0.25, -0.2) is 4.98 Å². The maximum atomic E-state index is 5.81. The lowest BCUT2D eigenvalue weighted by Gasteiger charge is -2.06. The summed E-state index contributed by atoms with van der Waals surface area (Å²) in [7, 11) is -1.27. The number of aryl methyl sites for hydroxylation is 2. The van der Waals surface area contributed by atoms with Crippen molar-refractivity contribution in [3.05, 3.63) is 41.8 Å². The molecule has 0 fully saturated rings. The van der Waals surface area contributed by atoms with Gasteiger partial charge in [-0.2, -0.15) is 0 Å². The molecule has 0 aliphatic heterocycles. The molecule has 1 aromatic carbocycles. The molecule has 0 bridgehead atoms. The largest absolute Gasteiger partial charge is 0.441 e. The highest BCUT2D eigenvalue weighted by Crippen LogP contribution is 2.22. The first-order valence-corrected chi connectivity index (χ1v) is 11.4. The average molecular weight is 312 g/mol. The summed E-state index contributed by atoms with van der Waals surface area (Å²) >= 11 is 0. The Kier molecular flexibility index (Phi) is 5.26. The smallest absolute Gasteiger partial charge is 0.226 e. The normalized spacial score (nSPS) is 12.6. The number of benzene rings is 1. The predicted molar refractivity (Wildman–Crippen MR) is 95.3 cm³/mol. The van der Waals surface area contributed by atoms with Crippen LogP contribution in [0, 0.1) is 24.3 Å². The molecule has 0 aliphatic rings. The van der Waals surface area contributed by atoms with Crippen LogP contribution in [0.5, 0.6) is 0 Å². The van der Waals surface area contributed by atoms with E-state index in [-0.39, 0.29) is 0 Å². The second-order valence-corrected chi connectivity index (χ2v) is 11.6. The van der Waals surface area contributed by atoms with E-state index in [9.17, 15) is 0 Å². The number of nitrogens with zero attached hydrogens (tertiary/aromatic N) is 1. The zero-order valence-electron chi connectivity index (χ0n) is 14.2. The molecule has 0 amide bonds. The van der Waals surface area contributed by atoms with E-state index in [1.807, 2.05) is 37.3 Å². The average Bonchev–Trinajstić information content (AvgIpc) is 2.84. The van der Waals surface area contributed by atoms with Crippen LogP contribution in [0.1, 0.15) is 24.8 Å². The van der Waals surface area contributed by atoms with Crippen LogP contribution in [0.25, 0.3) is 11.5 Å².